The van der Waals surface area contributed by atoms with Crippen LogP contribution in [0.25, 0.3) is 0 Å². The molecule has 0 aromatic heterocycles. The molecular weight excluding hydrogens is 230 g/mol. The fourth-order valence-electron chi connectivity index (χ4n) is 1.55. The predicted octanol–water partition coefficient (Wildman–Crippen LogP) is 2.13. The summed E-state index contributed by atoms with van der Waals surface area (Å²) in [4.78, 5) is 2.54. The fraction of sp³-hybridized carbons (Fsp3) is 1.00. The van der Waals surface area contributed by atoms with Crippen molar-refractivity contribution in [2.24, 2.45) is 5.92 Å². The van der Waals surface area contributed by atoms with Gasteiger partial charge >= 0.3 is 0 Å². The van der Waals surface area contributed by atoms with E-state index in [1.807, 2.05) is 0 Å². The van der Waals surface area contributed by atoms with Crippen LogP contribution in [0.2, 0.25) is 0 Å². The van der Waals surface area contributed by atoms with E-state index in [0.29, 0.717) is 6.04 Å². The first kappa shape index (κ1) is 11.5. The minimum Gasteiger partial charge on any atom is -0.378 e. The molecule has 0 saturated carbocycles. The summed E-state index contributed by atoms with van der Waals surface area (Å²) in [5.41, 5.74) is 0. The highest BCUT2D eigenvalue weighted by Crippen LogP contribution is 2.11. The van der Waals surface area contributed by atoms with Crippen LogP contribution in [0.1, 0.15) is 20.3 Å². The van der Waals surface area contributed by atoms with Gasteiger partial charge in [0, 0.05) is 17.9 Å². The van der Waals surface area contributed by atoms with E-state index in [1.165, 1.54) is 13.0 Å². The third-order valence-corrected chi connectivity index (χ3v) is 3.27. The van der Waals surface area contributed by atoms with Gasteiger partial charge in [0.1, 0.15) is 0 Å². The van der Waals surface area contributed by atoms with Gasteiger partial charge in [-0.15, -0.1) is 0 Å². The molecular formula is C10H20BrNO. The lowest BCUT2D eigenvalue weighted by Crippen LogP contribution is -2.46. The molecule has 0 bridgehead atoms. The largest absolute Gasteiger partial charge is 0.378 e. The summed E-state index contributed by atoms with van der Waals surface area (Å²) in [5, 5.41) is 1.03. The van der Waals surface area contributed by atoms with Crippen LogP contribution < -0.4 is 0 Å². The van der Waals surface area contributed by atoms with Crippen LogP contribution in [0.3, 0.4) is 0 Å². The Labute approximate surface area is 89.8 Å². The molecule has 13 heavy (non-hydrogen) atoms. The number of rotatable bonds is 4. The zero-order chi connectivity index (χ0) is 9.68. The Morgan fingerprint density at radius 3 is 2.92 bits per heavy atom. The summed E-state index contributed by atoms with van der Waals surface area (Å²) in [6, 6.07) is 0.590. The second-order valence-corrected chi connectivity index (χ2v) is 4.75. The van der Waals surface area contributed by atoms with Crippen LogP contribution in [-0.4, -0.2) is 42.6 Å². The van der Waals surface area contributed by atoms with Gasteiger partial charge in [-0.05, 0) is 18.9 Å². The molecule has 78 valence electrons. The van der Waals surface area contributed by atoms with Gasteiger partial charge < -0.3 is 4.74 Å². The predicted molar refractivity (Wildman–Crippen MR) is 59.4 cm³/mol. The Morgan fingerprint density at radius 1 is 1.54 bits per heavy atom. The van der Waals surface area contributed by atoms with Gasteiger partial charge in [-0.1, -0.05) is 29.8 Å². The molecule has 0 aromatic carbocycles. The molecule has 1 aliphatic rings. The van der Waals surface area contributed by atoms with Crippen LogP contribution >= 0.6 is 15.9 Å². The van der Waals surface area contributed by atoms with Crippen molar-refractivity contribution >= 4 is 15.9 Å². The van der Waals surface area contributed by atoms with Crippen LogP contribution in [0.5, 0.6) is 0 Å². The number of hydrogen-bond donors (Lipinski definition) is 0. The van der Waals surface area contributed by atoms with Crippen molar-refractivity contribution in [2.45, 2.75) is 26.3 Å². The number of hydrogen-bond acceptors (Lipinski definition) is 2. The zero-order valence-corrected chi connectivity index (χ0v) is 10.2. The fourth-order valence-corrected chi connectivity index (χ4v) is 2.15. The highest BCUT2D eigenvalue weighted by atomic mass is 79.9. The van der Waals surface area contributed by atoms with Crippen molar-refractivity contribution in [2.75, 3.05) is 31.6 Å². The minimum atomic E-state index is 0.590. The Morgan fingerprint density at radius 2 is 2.31 bits per heavy atom. The standard InChI is InChI=1S/C10H20BrNO/c1-9(2)3-4-12-5-6-13-8-10(12)7-11/h9-10H,3-8H2,1-2H3. The zero-order valence-electron chi connectivity index (χ0n) is 8.63. The molecule has 1 saturated heterocycles. The lowest BCUT2D eigenvalue weighted by atomic mass is 10.1. The molecule has 0 radical (unpaired) electrons. The van der Waals surface area contributed by atoms with Gasteiger partial charge in [0.25, 0.3) is 0 Å². The monoisotopic (exact) mass is 249 g/mol. The number of morpholine rings is 1. The quantitative estimate of drug-likeness (QED) is 0.709. The molecule has 0 N–H and O–H groups in total. The molecule has 0 spiro atoms. The Hall–Kier alpha value is 0.400. The van der Waals surface area contributed by atoms with E-state index in [0.717, 1.165) is 31.0 Å². The molecule has 1 atom stereocenters. The summed E-state index contributed by atoms with van der Waals surface area (Å²) in [5.74, 6) is 0.804. The molecule has 1 rings (SSSR count). The summed E-state index contributed by atoms with van der Waals surface area (Å²) in [7, 11) is 0. The van der Waals surface area contributed by atoms with Gasteiger partial charge in [0.2, 0.25) is 0 Å². The van der Waals surface area contributed by atoms with Gasteiger partial charge in [0.05, 0.1) is 13.2 Å². The van der Waals surface area contributed by atoms with E-state index in [1.54, 1.807) is 0 Å². The second kappa shape index (κ2) is 5.99. The summed E-state index contributed by atoms with van der Waals surface area (Å²) >= 11 is 3.54. The van der Waals surface area contributed by atoms with Crippen molar-refractivity contribution in [3.8, 4) is 0 Å². The average molecular weight is 250 g/mol. The topological polar surface area (TPSA) is 12.5 Å². The molecule has 1 heterocycles. The first-order valence-electron chi connectivity index (χ1n) is 5.11. The van der Waals surface area contributed by atoms with E-state index < -0.39 is 0 Å². The van der Waals surface area contributed by atoms with Gasteiger partial charge in [-0.3, -0.25) is 4.90 Å². The smallest absolute Gasteiger partial charge is 0.0630 e. The van der Waals surface area contributed by atoms with E-state index >= 15 is 0 Å². The third-order valence-electron chi connectivity index (χ3n) is 2.52. The highest BCUT2D eigenvalue weighted by Gasteiger charge is 2.21. The Bertz CT molecular complexity index is 141. The summed E-state index contributed by atoms with van der Waals surface area (Å²) < 4.78 is 5.44. The third kappa shape index (κ3) is 3.96. The first-order chi connectivity index (χ1) is 6.24. The lowest BCUT2D eigenvalue weighted by Gasteiger charge is -2.34. The molecule has 2 nitrogen and oxygen atoms in total. The molecule has 1 unspecified atom stereocenters. The Kier molecular flexibility index (Phi) is 5.29. The van der Waals surface area contributed by atoms with E-state index in [4.69, 9.17) is 4.74 Å². The Balaban J connectivity index is 2.27. The van der Waals surface area contributed by atoms with Crippen LogP contribution in [-0.2, 0) is 4.74 Å². The number of alkyl halides is 1. The van der Waals surface area contributed by atoms with Crippen molar-refractivity contribution in [3.63, 3.8) is 0 Å². The van der Waals surface area contributed by atoms with E-state index in [2.05, 4.69) is 34.7 Å². The van der Waals surface area contributed by atoms with Gasteiger partial charge in [-0.25, -0.2) is 0 Å². The van der Waals surface area contributed by atoms with E-state index in [-0.39, 0.29) is 0 Å². The molecule has 0 amide bonds. The van der Waals surface area contributed by atoms with E-state index in [9.17, 15) is 0 Å². The van der Waals surface area contributed by atoms with Crippen LogP contribution in [0, 0.1) is 5.92 Å². The maximum Gasteiger partial charge on any atom is 0.0630 e. The van der Waals surface area contributed by atoms with Crippen molar-refractivity contribution in [1.29, 1.82) is 0 Å². The van der Waals surface area contributed by atoms with Crippen molar-refractivity contribution in [3.05, 3.63) is 0 Å². The highest BCUT2D eigenvalue weighted by molar-refractivity contribution is 9.09. The molecule has 1 aliphatic heterocycles. The van der Waals surface area contributed by atoms with Gasteiger partial charge in [-0.2, -0.15) is 0 Å². The summed E-state index contributed by atoms with van der Waals surface area (Å²) in [6.07, 6.45) is 1.30. The van der Waals surface area contributed by atoms with Crippen molar-refractivity contribution in [1.82, 2.24) is 4.90 Å². The normalized spacial score (nSPS) is 25.4. The lowest BCUT2D eigenvalue weighted by molar-refractivity contribution is 0.000216. The number of nitrogens with zero attached hydrogens (tertiary/aromatic N) is 1. The number of halogens is 1. The van der Waals surface area contributed by atoms with Crippen molar-refractivity contribution < 1.29 is 4.74 Å². The minimum absolute atomic E-state index is 0.590. The number of ether oxygens (including phenoxy) is 1. The first-order valence-corrected chi connectivity index (χ1v) is 6.24. The molecule has 3 heteroatoms. The maximum atomic E-state index is 5.44. The average Bonchev–Trinajstić information content (AvgIpc) is 2.15. The SMILES string of the molecule is CC(C)CCN1CCOCC1CBr. The van der Waals surface area contributed by atoms with Gasteiger partial charge in [0.15, 0.2) is 0 Å². The maximum absolute atomic E-state index is 5.44. The van der Waals surface area contributed by atoms with Crippen LogP contribution in [0.15, 0.2) is 0 Å². The molecule has 0 aliphatic carbocycles. The molecule has 0 aromatic rings. The summed E-state index contributed by atoms with van der Waals surface area (Å²) in [6.45, 7) is 8.68. The second-order valence-electron chi connectivity index (χ2n) is 4.10. The van der Waals surface area contributed by atoms with Crippen LogP contribution in [0.4, 0.5) is 0 Å². The molecule has 1 fully saturated rings.